The van der Waals surface area contributed by atoms with Gasteiger partial charge in [-0.15, -0.1) is 0 Å². The normalized spacial score (nSPS) is 35.0. The maximum absolute atomic E-state index is 15.6. The predicted molar refractivity (Wildman–Crippen MR) is 495 cm³/mol. The summed E-state index contributed by atoms with van der Waals surface area (Å²) in [4.78, 5) is 90.3. The number of fused-ring (bicyclic) bond motifs is 3. The molecule has 9 heterocycles. The van der Waals surface area contributed by atoms with Crippen molar-refractivity contribution in [2.24, 2.45) is 0 Å². The number of hydrogen-bond donors (Lipinski definition) is 0. The summed E-state index contributed by atoms with van der Waals surface area (Å²) in [6.45, 7) is -2.05. The Bertz CT molecular complexity index is 5170. The van der Waals surface area contributed by atoms with Crippen molar-refractivity contribution in [3.63, 3.8) is 0 Å². The van der Waals surface area contributed by atoms with Crippen LogP contribution < -0.4 is 0 Å². The van der Waals surface area contributed by atoms with E-state index in [1.807, 2.05) is 0 Å². The molecule has 36 atom stereocenters. The Morgan fingerprint density at radius 1 is 0.228 bits per heavy atom. The topological polar surface area (TPSA) is 425 Å². The fourth-order valence-electron chi connectivity index (χ4n) is 19.6. The SMILES string of the molecule is COCC1O[C@@H](O[C@@H]2C(COC)O[C@@H](O[C@H]3C(OC)C(OC)[C@@H]4OC[C@@H]3O4)[C@@H](OC)C2OC)[C@@H](OC)C(OC)[C@@H]1O[C@@H]1O[C@@H](COC)[C@@H](O[C@H]2O[C@@H](COC(=O)c3ccccc3)[C@@H](O[C@@H]3OC(COC(=O)c4ccccc4)[C@@H](O[C@@H]4OC5COC(c6ccccc6)O[C@H]5[C@H](OC(=O)c5ccccc5)C4OC(=O)c4ccccc4)C(OC(=O)c4ccccc4)[C@@H]3OC(=O)c3ccccc3)C(OC)C2OC)C(OC)C1OC. The highest BCUT2D eigenvalue weighted by atomic mass is 16.8. The molecule has 145 heavy (non-hydrogen) atoms. The van der Waals surface area contributed by atoms with Gasteiger partial charge in [0.1, 0.15) is 160 Å². The van der Waals surface area contributed by atoms with Crippen LogP contribution in [0.1, 0.15) is 74.0 Å². The van der Waals surface area contributed by atoms with Crippen LogP contribution in [0.15, 0.2) is 212 Å². The average Bonchev–Trinajstić information content (AvgIpc) is 1.49. The minimum atomic E-state index is -2.11. The van der Waals surface area contributed by atoms with Gasteiger partial charge in [-0.05, 0) is 72.8 Å². The number of rotatable bonds is 43. The third-order valence-electron chi connectivity index (χ3n) is 26.6. The number of ether oxygens (including phenoxy) is 35. The van der Waals surface area contributed by atoms with Gasteiger partial charge in [0.05, 0.1) is 66.4 Å². The van der Waals surface area contributed by atoms with Crippen LogP contribution >= 0.6 is 0 Å². The second-order valence-corrected chi connectivity index (χ2v) is 35.2. The van der Waals surface area contributed by atoms with Crippen molar-refractivity contribution < 1.29 is 195 Å². The van der Waals surface area contributed by atoms with E-state index in [-0.39, 0.29) is 66.4 Å². The quantitative estimate of drug-likeness (QED) is 0.0269. The average molecular weight is 2030 g/mol. The third kappa shape index (κ3) is 24.9. The Morgan fingerprint density at radius 2 is 0.483 bits per heavy atom. The fraction of sp³-hybridized carbons (Fsp3) is 0.538. The molecule has 0 radical (unpaired) electrons. The molecule has 2 bridgehead atoms. The lowest BCUT2D eigenvalue weighted by molar-refractivity contribution is -0.403. The van der Waals surface area contributed by atoms with Crippen molar-refractivity contribution in [1.82, 2.24) is 0 Å². The standard InChI is InChI=1S/C104H124O41/c1-111-49-63-70(78(115-5)85(120-10)99(129-63)141-71-64(50-112-2)131-101(87(122-12)79(71)116-6)143-74-68-55-127-98(128-68)84(119-9)77(74)114-4)140-100-86(121-11)80(117-7)72(65(130-100)51-113-3)142-102-88(123-13)81(118-8)73(66(132-102)52-124-91(105)56-35-21-14-22-36-56)144-103-90(138-96(110)61-45-31-19-32-46-61)83(136-94(108)59-41-27-17-28-42-59)76(67(133-103)53-125-92(106)57-37-23-15-24-38-57)145-104-89(137-95(109)60-43-29-18-30-44-60)82(135-93(107)58-39-25-16-26-40-58)75-69(134-104)54-126-97(139-75)62-47-33-20-34-48-62/h14-48,63-90,97-104H,49-55H2,1-13H3/t63?,64?,65-,66-,67?,68-,69?,70+,71+,72+,73+,74+,75+,76+,77?,78?,79?,80?,81?,82-,83?,84?,85-,86?,87-,88?,89?,90-,97?,98+,99-,100-,101-,102+,103-,104-/m0/s1. The van der Waals surface area contributed by atoms with E-state index in [9.17, 15) is 14.4 Å². The second-order valence-electron chi connectivity index (χ2n) is 35.2. The van der Waals surface area contributed by atoms with Crippen molar-refractivity contribution >= 4 is 35.8 Å². The van der Waals surface area contributed by atoms with Crippen LogP contribution in [0.3, 0.4) is 0 Å². The number of methoxy groups -OCH3 is 13. The maximum atomic E-state index is 15.6. The monoisotopic (exact) mass is 2030 g/mol. The van der Waals surface area contributed by atoms with E-state index in [4.69, 9.17) is 166 Å². The first-order valence-electron chi connectivity index (χ1n) is 47.5. The molecule has 16 rings (SSSR count). The molecule has 0 saturated carbocycles. The number of esters is 6. The van der Waals surface area contributed by atoms with Gasteiger partial charge < -0.3 is 166 Å². The molecule has 41 heteroatoms. The molecule has 0 aliphatic carbocycles. The molecule has 786 valence electrons. The van der Waals surface area contributed by atoms with Crippen molar-refractivity contribution in [3.05, 3.63) is 251 Å². The van der Waals surface area contributed by atoms with E-state index in [0.29, 0.717) is 5.56 Å². The lowest BCUT2D eigenvalue weighted by atomic mass is 9.94. The summed E-state index contributed by atoms with van der Waals surface area (Å²) in [5.41, 5.74) is 0.778. The van der Waals surface area contributed by atoms with Gasteiger partial charge in [-0.2, -0.15) is 0 Å². The predicted octanol–water partition coefficient (Wildman–Crippen LogP) is 7.22. The first-order chi connectivity index (χ1) is 70.8. The number of hydrogen-bond acceptors (Lipinski definition) is 41. The second kappa shape index (κ2) is 51.9. The zero-order chi connectivity index (χ0) is 102. The minimum Gasteiger partial charge on any atom is -0.459 e. The largest absolute Gasteiger partial charge is 0.459 e. The molecular formula is C104H124O41. The van der Waals surface area contributed by atoms with Gasteiger partial charge in [-0.25, -0.2) is 28.8 Å². The minimum absolute atomic E-state index is 0.0299. The highest BCUT2D eigenvalue weighted by molar-refractivity contribution is 5.92. The summed E-state index contributed by atoms with van der Waals surface area (Å²) in [7, 11) is 18.9. The molecule has 7 aromatic carbocycles. The molecular weight excluding hydrogens is 1910 g/mol. The van der Waals surface area contributed by atoms with Gasteiger partial charge >= 0.3 is 35.8 Å². The zero-order valence-electron chi connectivity index (χ0n) is 82.2. The maximum Gasteiger partial charge on any atom is 0.338 e. The van der Waals surface area contributed by atoms with Crippen LogP contribution in [0.5, 0.6) is 0 Å². The third-order valence-corrected chi connectivity index (χ3v) is 26.6. The Kier molecular flexibility index (Phi) is 38.6. The Balaban J connectivity index is 0.734. The summed E-state index contributed by atoms with van der Waals surface area (Å²) in [6, 6.07) is 56.2. The van der Waals surface area contributed by atoms with E-state index >= 15 is 14.4 Å². The lowest BCUT2D eigenvalue weighted by Crippen LogP contribution is -2.70. The molecule has 9 saturated heterocycles. The molecule has 0 aromatic heterocycles. The van der Waals surface area contributed by atoms with Gasteiger partial charge in [-0.3, -0.25) is 0 Å². The van der Waals surface area contributed by atoms with Crippen molar-refractivity contribution in [2.75, 3.05) is 139 Å². The van der Waals surface area contributed by atoms with Crippen molar-refractivity contribution in [1.29, 1.82) is 0 Å². The summed E-state index contributed by atoms with van der Waals surface area (Å²) in [5, 5.41) is 0. The Labute approximate surface area is 837 Å². The molecule has 41 nitrogen and oxygen atoms in total. The van der Waals surface area contributed by atoms with Crippen LogP contribution in [-0.4, -0.2) is 389 Å². The van der Waals surface area contributed by atoms with Crippen molar-refractivity contribution in [2.45, 2.75) is 221 Å². The number of carbonyl (C=O) groups is 6. The molecule has 9 aliphatic rings. The van der Waals surface area contributed by atoms with Crippen LogP contribution in [0.4, 0.5) is 0 Å². The zero-order valence-corrected chi connectivity index (χ0v) is 82.2. The van der Waals surface area contributed by atoms with E-state index in [2.05, 4.69) is 0 Å². The highest BCUT2D eigenvalue weighted by Crippen LogP contribution is 2.46. The summed E-state index contributed by atoms with van der Waals surface area (Å²) in [6.07, 6.45) is -47.5. The highest BCUT2D eigenvalue weighted by Gasteiger charge is 2.64. The van der Waals surface area contributed by atoms with Gasteiger partial charge in [0.15, 0.2) is 74.7 Å². The molecule has 0 amide bonds. The van der Waals surface area contributed by atoms with Gasteiger partial charge in [0.2, 0.25) is 0 Å². The Hall–Kier alpha value is -9.80. The summed E-state index contributed by atoms with van der Waals surface area (Å²) in [5.74, 6) is -5.72. The van der Waals surface area contributed by atoms with E-state index in [1.54, 1.807) is 147 Å². The van der Waals surface area contributed by atoms with Gasteiger partial charge in [-0.1, -0.05) is 140 Å². The Morgan fingerprint density at radius 3 is 0.807 bits per heavy atom. The van der Waals surface area contributed by atoms with E-state index in [0.717, 1.165) is 0 Å². The molecule has 15 unspecified atom stereocenters. The van der Waals surface area contributed by atoms with Gasteiger partial charge in [0.25, 0.3) is 0 Å². The van der Waals surface area contributed by atoms with Crippen LogP contribution in [0, 0.1) is 0 Å². The lowest BCUT2D eigenvalue weighted by Gasteiger charge is -2.52. The first-order valence-corrected chi connectivity index (χ1v) is 47.5. The molecule has 0 N–H and O–H groups in total. The van der Waals surface area contributed by atoms with Crippen LogP contribution in [0.25, 0.3) is 0 Å². The number of carbonyl (C=O) groups excluding carboxylic acids is 6. The van der Waals surface area contributed by atoms with Crippen LogP contribution in [0.2, 0.25) is 0 Å². The van der Waals surface area contributed by atoms with Gasteiger partial charge in [0, 0.05) is 98.0 Å². The first kappa shape index (κ1) is 108. The molecule has 9 fully saturated rings. The molecule has 9 aliphatic heterocycles. The van der Waals surface area contributed by atoms with Crippen LogP contribution in [-0.2, 0) is 166 Å². The van der Waals surface area contributed by atoms with E-state index < -0.39 is 270 Å². The smallest absolute Gasteiger partial charge is 0.338 e. The fourth-order valence-corrected chi connectivity index (χ4v) is 19.6. The van der Waals surface area contributed by atoms with E-state index in [1.165, 1.54) is 158 Å². The summed E-state index contributed by atoms with van der Waals surface area (Å²) < 4.78 is 230. The van der Waals surface area contributed by atoms with Crippen molar-refractivity contribution in [3.8, 4) is 0 Å². The molecule has 7 aromatic rings. The molecule has 0 spiro atoms. The summed E-state index contributed by atoms with van der Waals surface area (Å²) >= 11 is 0. The number of benzene rings is 7.